The Morgan fingerprint density at radius 2 is 1.89 bits per heavy atom. The second-order valence-corrected chi connectivity index (χ2v) is 5.39. The minimum Gasteiger partial charge on any atom is -0.495 e. The van der Waals surface area contributed by atoms with Gasteiger partial charge < -0.3 is 15.2 Å². The van der Waals surface area contributed by atoms with Crippen molar-refractivity contribution in [1.82, 2.24) is 0 Å². The molecule has 0 amide bonds. The van der Waals surface area contributed by atoms with Crippen molar-refractivity contribution in [2.75, 3.05) is 19.0 Å². The first kappa shape index (κ1) is 14.2. The van der Waals surface area contributed by atoms with Crippen molar-refractivity contribution in [3.63, 3.8) is 0 Å². The van der Waals surface area contributed by atoms with Crippen molar-refractivity contribution < 1.29 is 9.84 Å². The Bertz CT molecular complexity index is 373. The Labute approximate surface area is 116 Å². The van der Waals surface area contributed by atoms with Crippen LogP contribution in [0.1, 0.15) is 38.5 Å². The van der Waals surface area contributed by atoms with E-state index in [9.17, 15) is 5.11 Å². The number of aliphatic hydroxyl groups is 1. The van der Waals surface area contributed by atoms with E-state index >= 15 is 0 Å². The van der Waals surface area contributed by atoms with Gasteiger partial charge in [-0.25, -0.2) is 0 Å². The molecule has 0 saturated heterocycles. The summed E-state index contributed by atoms with van der Waals surface area (Å²) in [5.41, 5.74) is 0.980. The molecule has 106 valence electrons. The van der Waals surface area contributed by atoms with Gasteiger partial charge in [-0.05, 0) is 30.9 Å². The van der Waals surface area contributed by atoms with E-state index in [1.54, 1.807) is 7.11 Å². The Morgan fingerprint density at radius 3 is 2.53 bits per heavy atom. The molecule has 0 aliphatic heterocycles. The summed E-state index contributed by atoms with van der Waals surface area (Å²) in [5, 5.41) is 13.2. The summed E-state index contributed by atoms with van der Waals surface area (Å²) in [6, 6.07) is 8.05. The molecular weight excluding hydrogens is 238 g/mol. The average molecular weight is 263 g/mol. The molecule has 1 fully saturated rings. The molecule has 1 unspecified atom stereocenters. The Morgan fingerprint density at radius 1 is 1.21 bits per heavy atom. The maximum absolute atomic E-state index is 9.69. The SMILES string of the molecule is COc1ccccc1NC(CO)C1CCCCCC1. The van der Waals surface area contributed by atoms with Crippen molar-refractivity contribution in [3.8, 4) is 5.75 Å². The first-order valence-electron chi connectivity index (χ1n) is 7.35. The molecule has 2 rings (SSSR count). The topological polar surface area (TPSA) is 41.5 Å². The van der Waals surface area contributed by atoms with E-state index in [4.69, 9.17) is 4.74 Å². The minimum atomic E-state index is 0.134. The monoisotopic (exact) mass is 263 g/mol. The molecule has 19 heavy (non-hydrogen) atoms. The van der Waals surface area contributed by atoms with Crippen molar-refractivity contribution in [2.24, 2.45) is 5.92 Å². The number of methoxy groups -OCH3 is 1. The van der Waals surface area contributed by atoms with Gasteiger partial charge in [-0.1, -0.05) is 37.8 Å². The van der Waals surface area contributed by atoms with Crippen LogP contribution in [0.25, 0.3) is 0 Å². The van der Waals surface area contributed by atoms with Crippen LogP contribution in [0.2, 0.25) is 0 Å². The highest BCUT2D eigenvalue weighted by atomic mass is 16.5. The number of ether oxygens (including phenoxy) is 1. The zero-order valence-electron chi connectivity index (χ0n) is 11.8. The van der Waals surface area contributed by atoms with Gasteiger partial charge in [0.1, 0.15) is 5.75 Å². The molecule has 0 aromatic heterocycles. The molecule has 0 spiro atoms. The first-order chi connectivity index (χ1) is 9.35. The highest BCUT2D eigenvalue weighted by Gasteiger charge is 2.22. The average Bonchev–Trinajstić information content (AvgIpc) is 2.74. The number of rotatable bonds is 5. The first-order valence-corrected chi connectivity index (χ1v) is 7.35. The van der Waals surface area contributed by atoms with Crippen molar-refractivity contribution in [1.29, 1.82) is 0 Å². The van der Waals surface area contributed by atoms with Gasteiger partial charge in [0.25, 0.3) is 0 Å². The zero-order chi connectivity index (χ0) is 13.5. The van der Waals surface area contributed by atoms with E-state index in [2.05, 4.69) is 5.32 Å². The van der Waals surface area contributed by atoms with Gasteiger partial charge in [-0.3, -0.25) is 0 Å². The fraction of sp³-hybridized carbons (Fsp3) is 0.625. The smallest absolute Gasteiger partial charge is 0.141 e. The molecule has 3 heteroatoms. The third-order valence-electron chi connectivity index (χ3n) is 4.11. The molecule has 2 N–H and O–H groups in total. The molecular formula is C16H25NO2. The summed E-state index contributed by atoms with van der Waals surface area (Å²) in [5.74, 6) is 1.41. The van der Waals surface area contributed by atoms with Crippen LogP contribution in [0, 0.1) is 5.92 Å². The third-order valence-corrected chi connectivity index (χ3v) is 4.11. The molecule has 1 aromatic carbocycles. The quantitative estimate of drug-likeness (QED) is 0.800. The van der Waals surface area contributed by atoms with Gasteiger partial charge in [0.15, 0.2) is 0 Å². The summed E-state index contributed by atoms with van der Waals surface area (Å²) in [6.45, 7) is 0.183. The minimum absolute atomic E-state index is 0.134. The summed E-state index contributed by atoms with van der Waals surface area (Å²) in [6.07, 6.45) is 7.68. The lowest BCUT2D eigenvalue weighted by molar-refractivity contribution is 0.227. The van der Waals surface area contributed by atoms with Gasteiger partial charge in [-0.15, -0.1) is 0 Å². The number of benzene rings is 1. The van der Waals surface area contributed by atoms with Crippen LogP contribution in [-0.4, -0.2) is 24.9 Å². The molecule has 0 heterocycles. The number of hydrogen-bond donors (Lipinski definition) is 2. The summed E-state index contributed by atoms with van der Waals surface area (Å²) < 4.78 is 5.36. The fourth-order valence-corrected chi connectivity index (χ4v) is 2.99. The van der Waals surface area contributed by atoms with Gasteiger partial charge in [0.05, 0.1) is 25.4 Å². The second kappa shape index (κ2) is 7.39. The van der Waals surface area contributed by atoms with Crippen LogP contribution in [0.15, 0.2) is 24.3 Å². The van der Waals surface area contributed by atoms with Crippen LogP contribution < -0.4 is 10.1 Å². The van der Waals surface area contributed by atoms with Crippen LogP contribution >= 0.6 is 0 Å². The van der Waals surface area contributed by atoms with E-state index < -0.39 is 0 Å². The van der Waals surface area contributed by atoms with Crippen LogP contribution in [-0.2, 0) is 0 Å². The lowest BCUT2D eigenvalue weighted by atomic mass is 9.92. The largest absolute Gasteiger partial charge is 0.495 e. The summed E-state index contributed by atoms with van der Waals surface area (Å²) >= 11 is 0. The summed E-state index contributed by atoms with van der Waals surface area (Å²) in [4.78, 5) is 0. The predicted octanol–water partition coefficient (Wildman–Crippen LogP) is 3.44. The van der Waals surface area contributed by atoms with E-state index in [-0.39, 0.29) is 12.6 Å². The lowest BCUT2D eigenvalue weighted by Gasteiger charge is -2.27. The molecule has 1 atom stereocenters. The number of nitrogens with one attached hydrogen (secondary N) is 1. The van der Waals surface area contributed by atoms with Crippen LogP contribution in [0.3, 0.4) is 0 Å². The Balaban J connectivity index is 2.05. The number of anilines is 1. The van der Waals surface area contributed by atoms with Crippen molar-refractivity contribution >= 4 is 5.69 Å². The number of hydrogen-bond acceptors (Lipinski definition) is 3. The van der Waals surface area contributed by atoms with Gasteiger partial charge >= 0.3 is 0 Å². The Kier molecular flexibility index (Phi) is 5.52. The third kappa shape index (κ3) is 3.87. The zero-order valence-corrected chi connectivity index (χ0v) is 11.8. The van der Waals surface area contributed by atoms with Crippen molar-refractivity contribution in [3.05, 3.63) is 24.3 Å². The number of aliphatic hydroxyl groups excluding tert-OH is 1. The lowest BCUT2D eigenvalue weighted by Crippen LogP contribution is -2.32. The van der Waals surface area contributed by atoms with Crippen molar-refractivity contribution in [2.45, 2.75) is 44.6 Å². The van der Waals surface area contributed by atoms with E-state index in [0.29, 0.717) is 5.92 Å². The van der Waals surface area contributed by atoms with E-state index in [1.165, 1.54) is 38.5 Å². The molecule has 1 aliphatic rings. The fourth-order valence-electron chi connectivity index (χ4n) is 2.99. The molecule has 1 saturated carbocycles. The van der Waals surface area contributed by atoms with E-state index in [1.807, 2.05) is 24.3 Å². The van der Waals surface area contributed by atoms with Crippen LogP contribution in [0.5, 0.6) is 5.75 Å². The molecule has 3 nitrogen and oxygen atoms in total. The normalized spacial score (nSPS) is 18.6. The van der Waals surface area contributed by atoms with Gasteiger partial charge in [0.2, 0.25) is 0 Å². The highest BCUT2D eigenvalue weighted by molar-refractivity contribution is 5.56. The molecule has 0 bridgehead atoms. The van der Waals surface area contributed by atoms with E-state index in [0.717, 1.165) is 11.4 Å². The maximum Gasteiger partial charge on any atom is 0.141 e. The summed E-state index contributed by atoms with van der Waals surface area (Å²) in [7, 11) is 1.68. The number of para-hydroxylation sites is 2. The molecule has 1 aliphatic carbocycles. The highest BCUT2D eigenvalue weighted by Crippen LogP contribution is 2.30. The molecule has 0 radical (unpaired) electrons. The molecule has 1 aromatic rings. The van der Waals surface area contributed by atoms with Gasteiger partial charge in [0, 0.05) is 0 Å². The standard InChI is InChI=1S/C16H25NO2/c1-19-16-11-7-6-10-14(16)17-15(12-18)13-8-4-2-3-5-9-13/h6-7,10-11,13,15,17-18H,2-5,8-9,12H2,1H3. The van der Waals surface area contributed by atoms with Gasteiger partial charge in [-0.2, -0.15) is 0 Å². The predicted molar refractivity (Wildman–Crippen MR) is 78.7 cm³/mol. The second-order valence-electron chi connectivity index (χ2n) is 5.39. The maximum atomic E-state index is 9.69. The Hall–Kier alpha value is -1.22. The van der Waals surface area contributed by atoms with Crippen LogP contribution in [0.4, 0.5) is 5.69 Å².